The van der Waals surface area contributed by atoms with Crippen LogP contribution >= 0.6 is 11.6 Å². The molecule has 0 spiro atoms. The number of nitrogens with zero attached hydrogens (tertiary/aromatic N) is 4. The number of carbonyl (C=O) groups is 2. The number of sulfonamides is 1. The molecule has 0 radical (unpaired) electrons. The molecule has 1 fully saturated rings. The molecule has 2 amide bonds. The highest BCUT2D eigenvalue weighted by Crippen LogP contribution is 2.45. The van der Waals surface area contributed by atoms with Crippen LogP contribution in [0.5, 0.6) is 5.75 Å². The highest BCUT2D eigenvalue weighted by atomic mass is 35.5. The standard InChI is InChI=1S/C24H30ClF3N6O7S/c1-6-32-12-17(18(25)30-32)42(38,39)33-11-14(10-22(2,3)19-29-20(35)41-31-19)40-16-8-7-13(9-15(16)33)34(21(36)37)23(4,5)24(26,27)28/h7-9,12,14,19,31H,6,10-11H2,1-5H3,(H,29,35)(H,36,37)/t14-,19?/m0/s1. The van der Waals surface area contributed by atoms with E-state index in [9.17, 15) is 36.3 Å². The topological polar surface area (TPSA) is 155 Å². The van der Waals surface area contributed by atoms with Crippen LogP contribution in [-0.4, -0.2) is 66.0 Å². The van der Waals surface area contributed by atoms with Gasteiger partial charge in [0.1, 0.15) is 28.5 Å². The van der Waals surface area contributed by atoms with Gasteiger partial charge in [-0.05, 0) is 45.4 Å². The number of anilines is 2. The first-order valence-corrected chi connectivity index (χ1v) is 14.5. The maximum Gasteiger partial charge on any atom is 0.427 e. The van der Waals surface area contributed by atoms with Crippen molar-refractivity contribution >= 4 is 45.2 Å². The van der Waals surface area contributed by atoms with Crippen LogP contribution in [0.1, 0.15) is 41.0 Å². The lowest BCUT2D eigenvalue weighted by Gasteiger charge is -2.41. The molecule has 2 aliphatic rings. The average Bonchev–Trinajstić information content (AvgIpc) is 3.48. The fraction of sp³-hybridized carbons (Fsp3) is 0.542. The van der Waals surface area contributed by atoms with Crippen LogP contribution in [0.25, 0.3) is 0 Å². The van der Waals surface area contributed by atoms with E-state index in [2.05, 4.69) is 15.9 Å². The van der Waals surface area contributed by atoms with Gasteiger partial charge >= 0.3 is 18.4 Å². The van der Waals surface area contributed by atoms with Crippen molar-refractivity contribution in [1.82, 2.24) is 20.6 Å². The van der Waals surface area contributed by atoms with E-state index in [1.54, 1.807) is 20.8 Å². The summed E-state index contributed by atoms with van der Waals surface area (Å²) in [7, 11) is -4.50. The van der Waals surface area contributed by atoms with E-state index in [1.807, 2.05) is 0 Å². The average molecular weight is 639 g/mol. The fourth-order valence-corrected chi connectivity index (χ4v) is 6.70. The summed E-state index contributed by atoms with van der Waals surface area (Å²) < 4.78 is 78.0. The van der Waals surface area contributed by atoms with Crippen molar-refractivity contribution in [2.24, 2.45) is 5.41 Å². The van der Waals surface area contributed by atoms with E-state index in [-0.39, 0.29) is 39.4 Å². The summed E-state index contributed by atoms with van der Waals surface area (Å²) in [5.41, 5.74) is -1.67. The van der Waals surface area contributed by atoms with E-state index >= 15 is 0 Å². The third-order valence-electron chi connectivity index (χ3n) is 7.22. The number of benzene rings is 1. The number of amides is 2. The summed E-state index contributed by atoms with van der Waals surface area (Å²) in [4.78, 5) is 28.2. The van der Waals surface area contributed by atoms with Crippen LogP contribution < -0.4 is 24.7 Å². The number of nitrogens with one attached hydrogen (secondary N) is 2. The first kappa shape index (κ1) is 31.5. The second-order valence-electron chi connectivity index (χ2n) is 11.0. The van der Waals surface area contributed by atoms with E-state index in [4.69, 9.17) is 21.2 Å². The normalized spacial score (nSPS) is 19.5. The van der Waals surface area contributed by atoms with Crippen molar-refractivity contribution in [2.45, 2.75) is 76.5 Å². The molecule has 2 aliphatic heterocycles. The predicted octanol–water partition coefficient (Wildman–Crippen LogP) is 4.32. The third kappa shape index (κ3) is 5.64. The van der Waals surface area contributed by atoms with Gasteiger partial charge in [0, 0.05) is 18.2 Å². The minimum Gasteiger partial charge on any atom is -0.486 e. The molecular weight excluding hydrogens is 609 g/mol. The number of fused-ring (bicyclic) bond motifs is 1. The van der Waals surface area contributed by atoms with Gasteiger partial charge in [-0.3, -0.25) is 13.9 Å². The first-order chi connectivity index (χ1) is 19.3. The van der Waals surface area contributed by atoms with E-state index in [0.717, 1.165) is 16.4 Å². The van der Waals surface area contributed by atoms with E-state index in [0.29, 0.717) is 20.4 Å². The minimum atomic E-state index is -4.96. The molecule has 13 nitrogen and oxygen atoms in total. The third-order valence-corrected chi connectivity index (χ3v) is 9.39. The Hall–Kier alpha value is -3.44. The summed E-state index contributed by atoms with van der Waals surface area (Å²) in [5, 5.41) is 16.0. The number of hydrogen-bond acceptors (Lipinski definition) is 8. The first-order valence-electron chi connectivity index (χ1n) is 12.7. The van der Waals surface area contributed by atoms with Crippen molar-refractivity contribution < 1.29 is 45.9 Å². The molecule has 1 aromatic carbocycles. The summed E-state index contributed by atoms with van der Waals surface area (Å²) in [6.45, 7) is 6.66. The lowest BCUT2D eigenvalue weighted by molar-refractivity contribution is -0.175. The quantitative estimate of drug-likeness (QED) is 0.383. The second kappa shape index (κ2) is 10.7. The molecule has 42 heavy (non-hydrogen) atoms. The number of carboxylic acid groups (broad SMARTS) is 1. The number of carbonyl (C=O) groups excluding carboxylic acids is 1. The maximum atomic E-state index is 14.0. The molecule has 4 rings (SSSR count). The number of hydrogen-bond donors (Lipinski definition) is 3. The summed E-state index contributed by atoms with van der Waals surface area (Å²) >= 11 is 6.19. The number of hydroxylamine groups is 1. The number of rotatable bonds is 8. The molecule has 2 aromatic rings. The highest BCUT2D eigenvalue weighted by molar-refractivity contribution is 7.93. The second-order valence-corrected chi connectivity index (χ2v) is 13.2. The van der Waals surface area contributed by atoms with Crippen LogP contribution in [0, 0.1) is 5.41 Å². The zero-order chi connectivity index (χ0) is 31.4. The van der Waals surface area contributed by atoms with Crippen molar-refractivity contribution in [3.8, 4) is 5.75 Å². The largest absolute Gasteiger partial charge is 0.486 e. The molecule has 232 valence electrons. The lowest BCUT2D eigenvalue weighted by atomic mass is 9.83. The Morgan fingerprint density at radius 3 is 2.45 bits per heavy atom. The molecule has 18 heteroatoms. The van der Waals surface area contributed by atoms with Crippen molar-refractivity contribution in [1.29, 1.82) is 0 Å². The molecule has 0 saturated carbocycles. The van der Waals surface area contributed by atoms with Gasteiger partial charge < -0.3 is 20.0 Å². The molecule has 1 aromatic heterocycles. The Morgan fingerprint density at radius 1 is 1.26 bits per heavy atom. The Kier molecular flexibility index (Phi) is 8.01. The molecule has 3 N–H and O–H groups in total. The smallest absolute Gasteiger partial charge is 0.427 e. The zero-order valence-corrected chi connectivity index (χ0v) is 24.8. The minimum absolute atomic E-state index is 0.0248. The van der Waals surface area contributed by atoms with Gasteiger partial charge in [-0.15, -0.1) is 5.48 Å². The van der Waals surface area contributed by atoms with Crippen LogP contribution in [0.3, 0.4) is 0 Å². The van der Waals surface area contributed by atoms with Gasteiger partial charge in [-0.1, -0.05) is 25.4 Å². The maximum absolute atomic E-state index is 14.0. The van der Waals surface area contributed by atoms with Crippen LogP contribution in [-0.2, 0) is 21.4 Å². The van der Waals surface area contributed by atoms with Crippen LogP contribution in [0.2, 0.25) is 5.15 Å². The zero-order valence-electron chi connectivity index (χ0n) is 23.2. The van der Waals surface area contributed by atoms with Gasteiger partial charge in [-0.2, -0.15) is 18.3 Å². The van der Waals surface area contributed by atoms with Crippen LogP contribution in [0.15, 0.2) is 29.3 Å². The molecule has 1 saturated heterocycles. The van der Waals surface area contributed by atoms with Crippen molar-refractivity contribution in [2.75, 3.05) is 15.7 Å². The number of halogens is 4. The highest BCUT2D eigenvalue weighted by Gasteiger charge is 2.54. The SMILES string of the molecule is CCn1cc(S(=O)(=O)N2C[C@H](CC(C)(C)C3NOC(=O)N3)Oc3ccc(N(C(=O)O)C(C)(C)C(F)(F)F)cc32)c(Cl)n1. The molecular formula is C24H30ClF3N6O7S. The number of aryl methyl sites for hydroxylation is 1. The number of ether oxygens (including phenoxy) is 1. The van der Waals surface area contributed by atoms with Gasteiger partial charge in [0.2, 0.25) is 0 Å². The predicted molar refractivity (Wildman–Crippen MR) is 144 cm³/mol. The van der Waals surface area contributed by atoms with Gasteiger partial charge in [-0.25, -0.2) is 18.0 Å². The molecule has 2 atom stereocenters. The Bertz CT molecular complexity index is 1500. The lowest BCUT2D eigenvalue weighted by Crippen LogP contribution is -2.57. The van der Waals surface area contributed by atoms with E-state index < -0.39 is 57.3 Å². The number of alkyl halides is 3. The Balaban J connectivity index is 1.82. The Labute approximate surface area is 244 Å². The van der Waals surface area contributed by atoms with Crippen molar-refractivity contribution in [3.63, 3.8) is 0 Å². The van der Waals surface area contributed by atoms with Gasteiger partial charge in [0.05, 0.1) is 17.9 Å². The van der Waals surface area contributed by atoms with Crippen molar-refractivity contribution in [3.05, 3.63) is 29.5 Å². The monoisotopic (exact) mass is 638 g/mol. The molecule has 0 aliphatic carbocycles. The summed E-state index contributed by atoms with van der Waals surface area (Å²) in [6, 6.07) is 3.33. The Morgan fingerprint density at radius 2 is 1.93 bits per heavy atom. The van der Waals surface area contributed by atoms with E-state index in [1.165, 1.54) is 16.9 Å². The summed E-state index contributed by atoms with van der Waals surface area (Å²) in [6.07, 6.45) is -7.62. The van der Waals surface area contributed by atoms with Crippen LogP contribution in [0.4, 0.5) is 34.1 Å². The molecule has 3 heterocycles. The molecule has 1 unspecified atom stereocenters. The van der Waals surface area contributed by atoms with Gasteiger partial charge in [0.25, 0.3) is 10.0 Å². The van der Waals surface area contributed by atoms with Gasteiger partial charge in [0.15, 0.2) is 5.15 Å². The molecule has 0 bridgehead atoms. The fourth-order valence-electron chi connectivity index (χ4n) is 4.75. The summed E-state index contributed by atoms with van der Waals surface area (Å²) in [5.74, 6) is -0.0248. The number of aromatic nitrogens is 2.